The Hall–Kier alpha value is -2.73. The predicted octanol–water partition coefficient (Wildman–Crippen LogP) is 2.64. The van der Waals surface area contributed by atoms with Crippen LogP contribution in [0.25, 0.3) is 0 Å². The van der Waals surface area contributed by atoms with Gasteiger partial charge in [-0.1, -0.05) is 30.3 Å². The summed E-state index contributed by atoms with van der Waals surface area (Å²) < 4.78 is 13.7. The van der Waals surface area contributed by atoms with Gasteiger partial charge in [0, 0.05) is 26.2 Å². The number of rotatable bonds is 5. The topological polar surface area (TPSA) is 61.4 Å². The number of anilines is 1. The van der Waals surface area contributed by atoms with Crippen molar-refractivity contribution < 1.29 is 14.0 Å². The van der Waals surface area contributed by atoms with E-state index in [4.69, 9.17) is 0 Å². The molecule has 1 heterocycles. The van der Waals surface area contributed by atoms with Gasteiger partial charge >= 0.3 is 11.8 Å². The molecular weight excluding hydrogens is 345 g/mol. The fourth-order valence-corrected chi connectivity index (χ4v) is 3.24. The molecule has 1 aliphatic rings. The Kier molecular flexibility index (Phi) is 6.19. The van der Waals surface area contributed by atoms with Crippen LogP contribution in [0, 0.1) is 12.7 Å². The number of aryl methyl sites for hydroxylation is 1. The summed E-state index contributed by atoms with van der Waals surface area (Å²) in [5.74, 6) is -2.17. The molecule has 5 nitrogen and oxygen atoms in total. The van der Waals surface area contributed by atoms with Gasteiger partial charge in [-0.25, -0.2) is 4.39 Å². The van der Waals surface area contributed by atoms with Crippen molar-refractivity contribution in [2.75, 3.05) is 25.0 Å². The minimum absolute atomic E-state index is 0.0159. The second kappa shape index (κ2) is 8.77. The van der Waals surface area contributed by atoms with Gasteiger partial charge in [0.25, 0.3) is 0 Å². The van der Waals surface area contributed by atoms with Crippen molar-refractivity contribution in [2.24, 2.45) is 0 Å². The van der Waals surface area contributed by atoms with Crippen LogP contribution in [0.15, 0.2) is 42.5 Å². The van der Waals surface area contributed by atoms with Crippen molar-refractivity contribution in [3.8, 4) is 0 Å². The maximum atomic E-state index is 13.7. The molecule has 0 radical (unpaired) electrons. The SMILES string of the molecule is Cc1ccc(F)c(NC(=O)C(=O)NCCCN2CCc3ccccc3C2)c1. The molecule has 2 amide bonds. The molecule has 6 heteroatoms. The number of hydrogen-bond acceptors (Lipinski definition) is 3. The average Bonchev–Trinajstić information content (AvgIpc) is 2.67. The highest BCUT2D eigenvalue weighted by Gasteiger charge is 2.17. The Labute approximate surface area is 158 Å². The molecular formula is C21H24FN3O2. The highest BCUT2D eigenvalue weighted by molar-refractivity contribution is 6.39. The van der Waals surface area contributed by atoms with Crippen molar-refractivity contribution >= 4 is 17.5 Å². The summed E-state index contributed by atoms with van der Waals surface area (Å²) in [4.78, 5) is 26.2. The monoisotopic (exact) mass is 369 g/mol. The lowest BCUT2D eigenvalue weighted by atomic mass is 10.00. The number of hydrogen-bond donors (Lipinski definition) is 2. The van der Waals surface area contributed by atoms with Crippen LogP contribution in [0.5, 0.6) is 0 Å². The third kappa shape index (κ3) is 5.14. The Morgan fingerprint density at radius 1 is 1.11 bits per heavy atom. The van der Waals surface area contributed by atoms with Gasteiger partial charge in [0.05, 0.1) is 5.69 Å². The quantitative estimate of drug-likeness (QED) is 0.629. The molecule has 1 aliphatic heterocycles. The zero-order valence-electron chi connectivity index (χ0n) is 15.4. The van der Waals surface area contributed by atoms with Crippen molar-refractivity contribution in [1.29, 1.82) is 0 Å². The van der Waals surface area contributed by atoms with Crippen LogP contribution in [-0.2, 0) is 22.6 Å². The zero-order chi connectivity index (χ0) is 19.2. The molecule has 0 bridgehead atoms. The molecule has 2 N–H and O–H groups in total. The predicted molar refractivity (Wildman–Crippen MR) is 103 cm³/mol. The standard InChI is InChI=1S/C21H24FN3O2/c1-15-7-8-18(22)19(13-15)24-21(27)20(26)23-10-4-11-25-12-9-16-5-2-3-6-17(16)14-25/h2-3,5-8,13H,4,9-12,14H2,1H3,(H,23,26)(H,24,27). The molecule has 142 valence electrons. The van der Waals surface area contributed by atoms with Gasteiger partial charge in [-0.15, -0.1) is 0 Å². The van der Waals surface area contributed by atoms with Crippen molar-refractivity contribution in [1.82, 2.24) is 10.2 Å². The number of benzene rings is 2. The van der Waals surface area contributed by atoms with E-state index < -0.39 is 17.6 Å². The fraction of sp³-hybridized carbons (Fsp3) is 0.333. The summed E-state index contributed by atoms with van der Waals surface area (Å²) >= 11 is 0. The number of nitrogens with zero attached hydrogens (tertiary/aromatic N) is 1. The van der Waals surface area contributed by atoms with E-state index in [0.717, 1.165) is 38.0 Å². The van der Waals surface area contributed by atoms with E-state index in [0.29, 0.717) is 6.54 Å². The average molecular weight is 369 g/mol. The van der Waals surface area contributed by atoms with Crippen LogP contribution < -0.4 is 10.6 Å². The normalized spacial score (nSPS) is 13.7. The van der Waals surface area contributed by atoms with Crippen LogP contribution in [0.3, 0.4) is 0 Å². The van der Waals surface area contributed by atoms with Crippen LogP contribution in [0.2, 0.25) is 0 Å². The van der Waals surface area contributed by atoms with Gasteiger partial charge in [0.2, 0.25) is 0 Å². The van der Waals surface area contributed by atoms with Gasteiger partial charge in [0.15, 0.2) is 0 Å². The lowest BCUT2D eigenvalue weighted by Gasteiger charge is -2.28. The Morgan fingerprint density at radius 3 is 2.70 bits per heavy atom. The first-order valence-corrected chi connectivity index (χ1v) is 9.17. The molecule has 0 saturated carbocycles. The fourth-order valence-electron chi connectivity index (χ4n) is 3.24. The maximum Gasteiger partial charge on any atom is 0.313 e. The number of carbonyl (C=O) groups excluding carboxylic acids is 2. The summed E-state index contributed by atoms with van der Waals surface area (Å²) in [7, 11) is 0. The van der Waals surface area contributed by atoms with E-state index in [1.165, 1.54) is 23.3 Å². The number of carbonyl (C=O) groups is 2. The van der Waals surface area contributed by atoms with Gasteiger partial charge in [0.1, 0.15) is 5.82 Å². The summed E-state index contributed by atoms with van der Waals surface area (Å²) in [6.45, 7) is 4.95. The third-order valence-electron chi connectivity index (χ3n) is 4.72. The number of amides is 2. The second-order valence-corrected chi connectivity index (χ2v) is 6.84. The maximum absolute atomic E-state index is 13.7. The molecule has 27 heavy (non-hydrogen) atoms. The molecule has 0 spiro atoms. The molecule has 2 aromatic carbocycles. The van der Waals surface area contributed by atoms with Crippen LogP contribution in [-0.4, -0.2) is 36.3 Å². The van der Waals surface area contributed by atoms with Crippen molar-refractivity contribution in [2.45, 2.75) is 26.3 Å². The molecule has 0 aliphatic carbocycles. The Balaban J connectivity index is 1.39. The second-order valence-electron chi connectivity index (χ2n) is 6.84. The van der Waals surface area contributed by atoms with Gasteiger partial charge in [-0.2, -0.15) is 0 Å². The minimum atomic E-state index is -0.855. The van der Waals surface area contributed by atoms with E-state index in [2.05, 4.69) is 39.8 Å². The molecule has 0 saturated heterocycles. The summed E-state index contributed by atoms with van der Waals surface area (Å²) in [5.41, 5.74) is 3.58. The van der Waals surface area contributed by atoms with E-state index in [-0.39, 0.29) is 5.69 Å². The highest BCUT2D eigenvalue weighted by atomic mass is 19.1. The Morgan fingerprint density at radius 2 is 1.89 bits per heavy atom. The molecule has 3 rings (SSSR count). The third-order valence-corrected chi connectivity index (χ3v) is 4.72. The highest BCUT2D eigenvalue weighted by Crippen LogP contribution is 2.18. The zero-order valence-corrected chi connectivity index (χ0v) is 15.4. The molecule has 2 aromatic rings. The van der Waals surface area contributed by atoms with E-state index in [1.54, 1.807) is 13.0 Å². The van der Waals surface area contributed by atoms with Crippen molar-refractivity contribution in [3.63, 3.8) is 0 Å². The van der Waals surface area contributed by atoms with E-state index in [9.17, 15) is 14.0 Å². The van der Waals surface area contributed by atoms with Crippen molar-refractivity contribution in [3.05, 3.63) is 65.0 Å². The largest absolute Gasteiger partial charge is 0.348 e. The lowest BCUT2D eigenvalue weighted by molar-refractivity contribution is -0.136. The molecule has 0 fully saturated rings. The molecule has 0 aromatic heterocycles. The van der Waals surface area contributed by atoms with Gasteiger partial charge in [-0.3, -0.25) is 14.5 Å². The van der Waals surface area contributed by atoms with Crippen LogP contribution in [0.4, 0.5) is 10.1 Å². The summed E-state index contributed by atoms with van der Waals surface area (Å²) in [5, 5.41) is 4.91. The summed E-state index contributed by atoms with van der Waals surface area (Å²) in [6.07, 6.45) is 1.78. The number of halogens is 1. The van der Waals surface area contributed by atoms with Gasteiger partial charge < -0.3 is 10.6 Å². The smallest absolute Gasteiger partial charge is 0.313 e. The Bertz CT molecular complexity index is 838. The van der Waals surface area contributed by atoms with Crippen LogP contribution >= 0.6 is 0 Å². The first kappa shape index (κ1) is 19.0. The first-order valence-electron chi connectivity index (χ1n) is 9.17. The number of nitrogens with one attached hydrogen (secondary N) is 2. The molecule has 0 unspecified atom stereocenters. The van der Waals surface area contributed by atoms with Crippen LogP contribution in [0.1, 0.15) is 23.1 Å². The van der Waals surface area contributed by atoms with E-state index >= 15 is 0 Å². The number of fused-ring (bicyclic) bond motifs is 1. The van der Waals surface area contributed by atoms with E-state index in [1.807, 2.05) is 0 Å². The first-order chi connectivity index (χ1) is 13.0. The summed E-state index contributed by atoms with van der Waals surface area (Å²) in [6, 6.07) is 12.8. The van der Waals surface area contributed by atoms with Gasteiger partial charge in [-0.05, 0) is 48.6 Å². The molecule has 0 atom stereocenters. The minimum Gasteiger partial charge on any atom is -0.348 e. The lowest BCUT2D eigenvalue weighted by Crippen LogP contribution is -2.38.